The Labute approximate surface area is 194 Å². The van der Waals surface area contributed by atoms with Gasteiger partial charge in [-0.05, 0) is 60.3 Å². The third-order valence-corrected chi connectivity index (χ3v) is 7.02. The van der Waals surface area contributed by atoms with Crippen molar-refractivity contribution in [2.45, 2.75) is 49.7 Å². The largest absolute Gasteiger partial charge is 0.614 e. The van der Waals surface area contributed by atoms with Crippen LogP contribution in [-0.4, -0.2) is 50.8 Å². The minimum absolute atomic E-state index is 0.0265. The number of carboxylic acids is 1. The van der Waals surface area contributed by atoms with Crippen molar-refractivity contribution in [3.8, 4) is 0 Å². The summed E-state index contributed by atoms with van der Waals surface area (Å²) in [6.45, 7) is 0.341. The van der Waals surface area contributed by atoms with Gasteiger partial charge in [-0.15, -0.1) is 0 Å². The number of halogens is 1. The Bertz CT molecular complexity index is 964. The smallest absolute Gasteiger partial charge is 0.371 e. The maximum absolute atomic E-state index is 12.9. The number of β-lactam (4-membered cyclic amide) rings is 1. The molecule has 2 aromatic rings. The number of hydrogen-bond donors (Lipinski definition) is 2. The zero-order valence-electron chi connectivity index (χ0n) is 18.1. The van der Waals surface area contributed by atoms with E-state index in [2.05, 4.69) is 5.32 Å². The van der Waals surface area contributed by atoms with E-state index in [0.717, 1.165) is 37.7 Å². The van der Waals surface area contributed by atoms with Crippen molar-refractivity contribution in [3.63, 3.8) is 0 Å². The normalized spacial score (nSPS) is 16.4. The summed E-state index contributed by atoms with van der Waals surface area (Å²) in [5, 5.41) is 11.1. The summed E-state index contributed by atoms with van der Waals surface area (Å²) in [6.07, 6.45) is 4.70. The molecule has 0 radical (unpaired) electrons. The Kier molecular flexibility index (Phi) is 8.90. The first kappa shape index (κ1) is 24.8. The molecule has 1 saturated heterocycles. The molecular formula is C23H27FN2O6S. The van der Waals surface area contributed by atoms with Gasteiger partial charge in [0.15, 0.2) is 16.9 Å². The second-order valence-corrected chi connectivity index (χ2v) is 9.51. The van der Waals surface area contributed by atoms with Gasteiger partial charge in [0.2, 0.25) is 17.6 Å². The molecule has 1 aliphatic rings. The van der Waals surface area contributed by atoms with Crippen LogP contribution in [0.1, 0.15) is 54.0 Å². The molecule has 1 aromatic heterocycles. The van der Waals surface area contributed by atoms with Gasteiger partial charge in [0.05, 0.1) is 6.42 Å². The number of amides is 2. The Morgan fingerprint density at radius 1 is 1.15 bits per heavy atom. The monoisotopic (exact) mass is 478 g/mol. The van der Waals surface area contributed by atoms with Crippen LogP contribution >= 0.6 is 0 Å². The molecule has 8 nitrogen and oxygen atoms in total. The number of hydrogen-bond acceptors (Lipinski definition) is 5. The van der Waals surface area contributed by atoms with Gasteiger partial charge in [0, 0.05) is 6.54 Å². The van der Waals surface area contributed by atoms with Gasteiger partial charge in [0.1, 0.15) is 12.4 Å². The second kappa shape index (κ2) is 11.9. The van der Waals surface area contributed by atoms with E-state index in [1.807, 2.05) is 0 Å². The second-order valence-electron chi connectivity index (χ2n) is 7.92. The average molecular weight is 479 g/mol. The Balaban J connectivity index is 1.30. The number of carbonyl (C=O) groups is 3. The lowest BCUT2D eigenvalue weighted by atomic mass is 10.1. The molecule has 3 rings (SSSR count). The van der Waals surface area contributed by atoms with Crippen LogP contribution in [-0.2, 0) is 32.9 Å². The molecule has 2 atom stereocenters. The van der Waals surface area contributed by atoms with Crippen LogP contribution in [0.5, 0.6) is 0 Å². The maximum Gasteiger partial charge on any atom is 0.371 e. The van der Waals surface area contributed by atoms with Crippen LogP contribution in [0.2, 0.25) is 0 Å². The van der Waals surface area contributed by atoms with Gasteiger partial charge in [-0.1, -0.05) is 25.0 Å². The quantitative estimate of drug-likeness (QED) is 0.259. The van der Waals surface area contributed by atoms with Crippen LogP contribution in [0.4, 0.5) is 4.39 Å². The first-order valence-electron chi connectivity index (χ1n) is 10.8. The van der Waals surface area contributed by atoms with Crippen molar-refractivity contribution in [3.05, 3.63) is 59.3 Å². The highest BCUT2D eigenvalue weighted by Crippen LogP contribution is 2.27. The fourth-order valence-corrected chi connectivity index (χ4v) is 4.99. The van der Waals surface area contributed by atoms with E-state index in [9.17, 15) is 23.3 Å². The molecule has 0 aliphatic carbocycles. The average Bonchev–Trinajstić information content (AvgIpc) is 3.25. The number of likely N-dealkylation sites (tertiary alicyclic amines) is 1. The molecule has 0 spiro atoms. The van der Waals surface area contributed by atoms with Gasteiger partial charge < -0.3 is 19.4 Å². The highest BCUT2D eigenvalue weighted by atomic mass is 32.2. The first-order valence-corrected chi connectivity index (χ1v) is 12.2. The lowest BCUT2D eigenvalue weighted by Crippen LogP contribution is -2.59. The predicted octanol–water partition coefficient (Wildman–Crippen LogP) is 2.84. The third-order valence-electron chi connectivity index (χ3n) is 5.42. The van der Waals surface area contributed by atoms with E-state index in [4.69, 9.17) is 9.52 Å². The molecule has 1 aliphatic heterocycles. The number of rotatable bonds is 13. The number of furan rings is 1. The Morgan fingerprint density at radius 2 is 1.88 bits per heavy atom. The van der Waals surface area contributed by atoms with E-state index < -0.39 is 22.5 Å². The number of unbranched alkanes of at least 4 members (excludes halogenated alkanes) is 3. The number of nitrogens with zero attached hydrogens (tertiary/aromatic N) is 1. The number of carboxylic acid groups (broad SMARTS) is 1. The predicted molar refractivity (Wildman–Crippen MR) is 119 cm³/mol. The van der Waals surface area contributed by atoms with Crippen LogP contribution in [0, 0.1) is 5.82 Å². The molecule has 2 N–H and O–H groups in total. The zero-order chi connectivity index (χ0) is 23.8. The lowest BCUT2D eigenvalue weighted by molar-refractivity contribution is -0.145. The van der Waals surface area contributed by atoms with Crippen LogP contribution in [0.25, 0.3) is 0 Å². The molecule has 1 aromatic carbocycles. The molecule has 10 heteroatoms. The highest BCUT2D eigenvalue weighted by Gasteiger charge is 2.45. The van der Waals surface area contributed by atoms with Crippen molar-refractivity contribution in [2.75, 3.05) is 13.1 Å². The number of benzene rings is 1. The number of aryl methyl sites for hydroxylation is 1. The third kappa shape index (κ3) is 7.33. The number of nitrogens with one attached hydrogen (secondary N) is 1. The SMILES string of the molecule is O=C(CN1C(=O)CC1[S+]([O-])Cc1ccc(C(=O)O)o1)NCCCCCCc1ccc(F)cc1. The summed E-state index contributed by atoms with van der Waals surface area (Å²) in [6, 6.07) is 9.22. The van der Waals surface area contributed by atoms with E-state index >= 15 is 0 Å². The van der Waals surface area contributed by atoms with Crippen molar-refractivity contribution in [1.82, 2.24) is 10.2 Å². The molecular weight excluding hydrogens is 451 g/mol. The van der Waals surface area contributed by atoms with E-state index in [1.165, 1.54) is 29.2 Å². The topological polar surface area (TPSA) is 123 Å². The Hall–Kier alpha value is -2.85. The summed E-state index contributed by atoms with van der Waals surface area (Å²) < 4.78 is 30.5. The van der Waals surface area contributed by atoms with E-state index in [-0.39, 0.29) is 47.9 Å². The van der Waals surface area contributed by atoms with Crippen LogP contribution < -0.4 is 5.32 Å². The summed E-state index contributed by atoms with van der Waals surface area (Å²) >= 11 is -1.51. The van der Waals surface area contributed by atoms with E-state index in [0.29, 0.717) is 6.54 Å². The van der Waals surface area contributed by atoms with Gasteiger partial charge in [-0.2, -0.15) is 0 Å². The summed E-state index contributed by atoms with van der Waals surface area (Å²) in [4.78, 5) is 36.2. The fourth-order valence-electron chi connectivity index (χ4n) is 3.55. The van der Waals surface area contributed by atoms with E-state index in [1.54, 1.807) is 12.1 Å². The van der Waals surface area contributed by atoms with Gasteiger partial charge in [-0.3, -0.25) is 14.5 Å². The molecule has 2 unspecified atom stereocenters. The fraction of sp³-hybridized carbons (Fsp3) is 0.435. The number of carbonyl (C=O) groups excluding carboxylic acids is 2. The number of aromatic carboxylic acids is 1. The summed E-state index contributed by atoms with van der Waals surface area (Å²) in [5.74, 6) is -2.00. The minimum Gasteiger partial charge on any atom is -0.614 e. The van der Waals surface area contributed by atoms with Gasteiger partial charge in [0.25, 0.3) is 0 Å². The zero-order valence-corrected chi connectivity index (χ0v) is 18.9. The first-order chi connectivity index (χ1) is 15.8. The molecule has 0 saturated carbocycles. The van der Waals surface area contributed by atoms with Crippen molar-refractivity contribution in [2.24, 2.45) is 0 Å². The van der Waals surface area contributed by atoms with Crippen molar-refractivity contribution < 1.29 is 32.9 Å². The molecule has 178 valence electrons. The van der Waals surface area contributed by atoms with Crippen LogP contribution in [0.15, 0.2) is 40.8 Å². The molecule has 33 heavy (non-hydrogen) atoms. The van der Waals surface area contributed by atoms with Crippen LogP contribution in [0.3, 0.4) is 0 Å². The maximum atomic E-state index is 12.9. The van der Waals surface area contributed by atoms with Gasteiger partial charge in [-0.25, -0.2) is 9.18 Å². The van der Waals surface area contributed by atoms with Gasteiger partial charge >= 0.3 is 5.97 Å². The molecule has 1 fully saturated rings. The lowest BCUT2D eigenvalue weighted by Gasteiger charge is -2.39. The summed E-state index contributed by atoms with van der Waals surface area (Å²) in [5.41, 5.74) is 1.10. The molecule has 2 amide bonds. The Morgan fingerprint density at radius 3 is 2.55 bits per heavy atom. The highest BCUT2D eigenvalue weighted by molar-refractivity contribution is 7.91. The van der Waals surface area contributed by atoms with Crippen molar-refractivity contribution >= 4 is 29.0 Å². The molecule has 0 bridgehead atoms. The minimum atomic E-state index is -1.51. The molecule has 2 heterocycles. The summed E-state index contributed by atoms with van der Waals surface area (Å²) in [7, 11) is 0. The standard InChI is InChI=1S/C23H27FN2O6S/c24-17-8-6-16(7-9-17)5-3-1-2-4-12-25-20(27)14-26-21(28)13-22(26)33(31)15-18-10-11-19(32-18)23(29)30/h6-11,22H,1-5,12-15H2,(H,25,27)(H,29,30). The van der Waals surface area contributed by atoms with Crippen molar-refractivity contribution in [1.29, 1.82) is 0 Å².